The van der Waals surface area contributed by atoms with Crippen molar-refractivity contribution in [3.63, 3.8) is 0 Å². The van der Waals surface area contributed by atoms with E-state index in [4.69, 9.17) is 0 Å². The summed E-state index contributed by atoms with van der Waals surface area (Å²) < 4.78 is 2.04. The lowest BCUT2D eigenvalue weighted by Crippen LogP contribution is -1.94. The number of rotatable bonds is 3. The van der Waals surface area contributed by atoms with Crippen LogP contribution in [0, 0.1) is 6.92 Å². The number of benzene rings is 1. The van der Waals surface area contributed by atoms with Gasteiger partial charge < -0.3 is 4.57 Å². The molecule has 0 unspecified atom stereocenters. The summed E-state index contributed by atoms with van der Waals surface area (Å²) in [4.78, 5) is 0. The van der Waals surface area contributed by atoms with E-state index < -0.39 is 0 Å². The van der Waals surface area contributed by atoms with E-state index in [-0.39, 0.29) is 0 Å². The summed E-state index contributed by atoms with van der Waals surface area (Å²) in [5.74, 6) is 1.94. The number of thioether (sulfide) groups is 1. The minimum absolute atomic E-state index is 0.927. The van der Waals surface area contributed by atoms with Crippen molar-refractivity contribution in [1.29, 1.82) is 0 Å². The number of hydrogen-bond acceptors (Lipinski definition) is 3. The molecule has 0 aliphatic heterocycles. The maximum Gasteiger partial charge on any atom is 0.191 e. The second kappa shape index (κ2) is 4.70. The molecule has 0 saturated carbocycles. The van der Waals surface area contributed by atoms with Gasteiger partial charge in [0.15, 0.2) is 11.0 Å². The van der Waals surface area contributed by atoms with Crippen molar-refractivity contribution in [2.45, 2.75) is 19.0 Å². The van der Waals surface area contributed by atoms with Crippen LogP contribution < -0.4 is 0 Å². The molecule has 4 heteroatoms. The molecule has 2 rings (SSSR count). The molecule has 84 valence electrons. The first-order valence-electron chi connectivity index (χ1n) is 5.31. The van der Waals surface area contributed by atoms with Crippen LogP contribution in [0.4, 0.5) is 0 Å². The van der Waals surface area contributed by atoms with Crippen LogP contribution in [0.15, 0.2) is 29.4 Å². The summed E-state index contributed by atoms with van der Waals surface area (Å²) in [6.45, 7) is 4.20. The van der Waals surface area contributed by atoms with Crippen molar-refractivity contribution in [2.24, 2.45) is 7.05 Å². The highest BCUT2D eigenvalue weighted by atomic mass is 32.2. The monoisotopic (exact) mass is 233 g/mol. The summed E-state index contributed by atoms with van der Waals surface area (Å²) >= 11 is 1.71. The number of hydrogen-bond donors (Lipinski definition) is 0. The first-order chi connectivity index (χ1) is 7.72. The molecule has 0 bridgehead atoms. The maximum absolute atomic E-state index is 4.23. The number of aromatic nitrogens is 3. The quantitative estimate of drug-likeness (QED) is 0.764. The zero-order valence-corrected chi connectivity index (χ0v) is 10.6. The maximum atomic E-state index is 4.23. The van der Waals surface area contributed by atoms with Crippen molar-refractivity contribution in [2.75, 3.05) is 5.75 Å². The van der Waals surface area contributed by atoms with Crippen molar-refractivity contribution in [3.8, 4) is 11.4 Å². The van der Waals surface area contributed by atoms with Gasteiger partial charge in [0.05, 0.1) is 0 Å². The van der Waals surface area contributed by atoms with E-state index in [1.165, 1.54) is 5.56 Å². The first-order valence-corrected chi connectivity index (χ1v) is 6.30. The van der Waals surface area contributed by atoms with Crippen molar-refractivity contribution in [3.05, 3.63) is 29.8 Å². The van der Waals surface area contributed by atoms with E-state index in [9.17, 15) is 0 Å². The van der Waals surface area contributed by atoms with Crippen molar-refractivity contribution >= 4 is 11.8 Å². The molecular weight excluding hydrogens is 218 g/mol. The molecule has 0 N–H and O–H groups in total. The molecule has 0 atom stereocenters. The second-order valence-electron chi connectivity index (χ2n) is 3.66. The van der Waals surface area contributed by atoms with Crippen LogP contribution in [0.2, 0.25) is 0 Å². The van der Waals surface area contributed by atoms with Crippen LogP contribution >= 0.6 is 11.8 Å². The normalized spacial score (nSPS) is 10.7. The number of aryl methyl sites for hydroxylation is 1. The molecule has 16 heavy (non-hydrogen) atoms. The summed E-state index contributed by atoms with van der Waals surface area (Å²) in [5.41, 5.74) is 2.37. The van der Waals surface area contributed by atoms with Crippen LogP contribution in [-0.2, 0) is 7.05 Å². The largest absolute Gasteiger partial charge is 0.305 e. The fourth-order valence-corrected chi connectivity index (χ4v) is 2.16. The molecule has 1 aromatic carbocycles. The molecule has 0 spiro atoms. The SMILES string of the molecule is CCSc1nnc(-c2ccc(C)cc2)n1C. The third kappa shape index (κ3) is 2.11. The Balaban J connectivity index is 2.37. The van der Waals surface area contributed by atoms with Crippen LogP contribution in [-0.4, -0.2) is 20.5 Å². The Morgan fingerprint density at radius 2 is 1.88 bits per heavy atom. The third-order valence-electron chi connectivity index (χ3n) is 2.42. The smallest absolute Gasteiger partial charge is 0.191 e. The highest BCUT2D eigenvalue weighted by Crippen LogP contribution is 2.22. The van der Waals surface area contributed by atoms with Gasteiger partial charge in [-0.15, -0.1) is 10.2 Å². The van der Waals surface area contributed by atoms with Crippen molar-refractivity contribution < 1.29 is 0 Å². The Morgan fingerprint density at radius 1 is 1.19 bits per heavy atom. The molecule has 0 radical (unpaired) electrons. The van der Waals surface area contributed by atoms with Gasteiger partial charge in [-0.2, -0.15) is 0 Å². The Labute approximate surface area is 99.9 Å². The highest BCUT2D eigenvalue weighted by Gasteiger charge is 2.09. The first kappa shape index (κ1) is 11.2. The molecule has 1 aromatic heterocycles. The van der Waals surface area contributed by atoms with Gasteiger partial charge in [-0.25, -0.2) is 0 Å². The van der Waals surface area contributed by atoms with Gasteiger partial charge in [0.1, 0.15) is 0 Å². The molecule has 0 amide bonds. The van der Waals surface area contributed by atoms with Crippen LogP contribution in [0.5, 0.6) is 0 Å². The third-order valence-corrected chi connectivity index (χ3v) is 3.32. The Bertz CT molecular complexity index is 474. The lowest BCUT2D eigenvalue weighted by atomic mass is 10.1. The van der Waals surface area contributed by atoms with Gasteiger partial charge >= 0.3 is 0 Å². The van der Waals surface area contributed by atoms with Crippen LogP contribution in [0.3, 0.4) is 0 Å². The summed E-state index contributed by atoms with van der Waals surface area (Å²) in [6.07, 6.45) is 0. The zero-order valence-electron chi connectivity index (χ0n) is 9.77. The van der Waals surface area contributed by atoms with Crippen LogP contribution in [0.1, 0.15) is 12.5 Å². The minimum atomic E-state index is 0.927. The van der Waals surface area contributed by atoms with E-state index in [1.54, 1.807) is 11.8 Å². The Hall–Kier alpha value is -1.29. The molecule has 0 saturated heterocycles. The molecule has 0 fully saturated rings. The standard InChI is InChI=1S/C12H15N3S/c1-4-16-12-14-13-11(15(12)3)10-7-5-9(2)6-8-10/h5-8H,4H2,1-3H3. The van der Waals surface area contributed by atoms with Gasteiger partial charge in [0.25, 0.3) is 0 Å². The van der Waals surface area contributed by atoms with Gasteiger partial charge in [0.2, 0.25) is 0 Å². The van der Waals surface area contributed by atoms with E-state index in [2.05, 4.69) is 48.3 Å². The summed E-state index contributed by atoms with van der Waals surface area (Å²) in [6, 6.07) is 8.35. The minimum Gasteiger partial charge on any atom is -0.305 e. The van der Waals surface area contributed by atoms with E-state index in [0.29, 0.717) is 0 Å². The second-order valence-corrected chi connectivity index (χ2v) is 4.90. The predicted molar refractivity (Wildman–Crippen MR) is 67.6 cm³/mol. The fourth-order valence-electron chi connectivity index (χ4n) is 1.52. The topological polar surface area (TPSA) is 30.7 Å². The predicted octanol–water partition coefficient (Wildman–Crippen LogP) is 2.90. The molecule has 1 heterocycles. The lowest BCUT2D eigenvalue weighted by Gasteiger charge is -2.03. The summed E-state index contributed by atoms with van der Waals surface area (Å²) in [7, 11) is 2.01. The number of nitrogens with zero attached hydrogens (tertiary/aromatic N) is 3. The lowest BCUT2D eigenvalue weighted by molar-refractivity contribution is 0.794. The van der Waals surface area contributed by atoms with Gasteiger partial charge in [-0.1, -0.05) is 48.5 Å². The van der Waals surface area contributed by atoms with Gasteiger partial charge in [0, 0.05) is 12.6 Å². The highest BCUT2D eigenvalue weighted by molar-refractivity contribution is 7.99. The van der Waals surface area contributed by atoms with E-state index >= 15 is 0 Å². The molecule has 0 aliphatic carbocycles. The molecular formula is C12H15N3S. The van der Waals surface area contributed by atoms with E-state index in [0.717, 1.165) is 22.3 Å². The van der Waals surface area contributed by atoms with Gasteiger partial charge in [-0.05, 0) is 12.7 Å². The molecule has 2 aromatic rings. The van der Waals surface area contributed by atoms with Gasteiger partial charge in [-0.3, -0.25) is 0 Å². The van der Waals surface area contributed by atoms with Crippen LogP contribution in [0.25, 0.3) is 11.4 Å². The Morgan fingerprint density at radius 3 is 2.50 bits per heavy atom. The van der Waals surface area contributed by atoms with Crippen molar-refractivity contribution in [1.82, 2.24) is 14.8 Å². The van der Waals surface area contributed by atoms with E-state index in [1.807, 2.05) is 11.6 Å². The molecule has 3 nitrogen and oxygen atoms in total. The average Bonchev–Trinajstić information content (AvgIpc) is 2.63. The average molecular weight is 233 g/mol. The fraction of sp³-hybridized carbons (Fsp3) is 0.333. The zero-order chi connectivity index (χ0) is 11.5. The summed E-state index contributed by atoms with van der Waals surface area (Å²) in [5, 5.41) is 9.38. The molecule has 0 aliphatic rings. The Kier molecular flexibility index (Phi) is 3.29.